The molecule has 0 radical (unpaired) electrons. The minimum absolute atomic E-state index is 0.593. The number of fused-ring (bicyclic) bond motifs is 26. The summed E-state index contributed by atoms with van der Waals surface area (Å²) >= 11 is 0. The van der Waals surface area contributed by atoms with Gasteiger partial charge >= 0.3 is 0 Å². The zero-order chi connectivity index (χ0) is 97.4. The first kappa shape index (κ1) is 84.6. The Morgan fingerprint density at radius 1 is 0.142 bits per heavy atom. The van der Waals surface area contributed by atoms with Gasteiger partial charge in [-0.25, -0.2) is 44.9 Å². The lowest BCUT2D eigenvalue weighted by Crippen LogP contribution is -2.01. The van der Waals surface area contributed by atoms with Crippen molar-refractivity contribution in [1.82, 2.24) is 58.6 Å². The quantitative estimate of drug-likeness (QED) is 0.114. The smallest absolute Gasteiger partial charge is 0.164 e. The normalized spacial score (nSPS) is 11.8. The van der Waals surface area contributed by atoms with Crippen molar-refractivity contribution in [3.63, 3.8) is 0 Å². The maximum absolute atomic E-state index is 6.88. The molecule has 148 heavy (non-hydrogen) atoms. The van der Waals surface area contributed by atoms with Crippen molar-refractivity contribution in [2.45, 2.75) is 0 Å². The molecule has 0 aliphatic heterocycles. The molecule has 0 aliphatic carbocycles. The van der Waals surface area contributed by atoms with E-state index < -0.39 is 0 Å². The van der Waals surface area contributed by atoms with E-state index in [-0.39, 0.29) is 0 Å². The fourth-order valence-electron chi connectivity index (χ4n) is 22.1. The van der Waals surface area contributed by atoms with Crippen LogP contribution in [-0.2, 0) is 0 Å². The molecule has 22 aromatic carbocycles. The molecule has 9 heterocycles. The summed E-state index contributed by atoms with van der Waals surface area (Å²) in [6.45, 7) is 0. The van der Waals surface area contributed by atoms with Crippen molar-refractivity contribution in [2.75, 3.05) is 0 Å². The van der Waals surface area contributed by atoms with Crippen LogP contribution in [0.3, 0.4) is 0 Å². The van der Waals surface area contributed by atoms with Crippen LogP contribution in [0.4, 0.5) is 0 Å². The second-order valence-electron chi connectivity index (χ2n) is 37.2. The number of furan rings is 3. The van der Waals surface area contributed by atoms with Crippen LogP contribution in [0.25, 0.3) is 294 Å². The van der Waals surface area contributed by atoms with E-state index in [1.807, 2.05) is 218 Å². The third-order valence-electron chi connectivity index (χ3n) is 28.7. The molecule has 31 rings (SSSR count). The molecule has 0 amide bonds. The van der Waals surface area contributed by atoms with E-state index in [0.717, 1.165) is 166 Å². The van der Waals surface area contributed by atoms with E-state index in [9.17, 15) is 0 Å². The van der Waals surface area contributed by atoms with Gasteiger partial charge in [-0.15, -0.1) is 0 Å². The molecule has 690 valence electrons. The van der Waals surface area contributed by atoms with E-state index in [0.29, 0.717) is 52.4 Å². The highest BCUT2D eigenvalue weighted by Crippen LogP contribution is 2.50. The molecule has 0 saturated heterocycles. The Balaban J connectivity index is 0.000000105. The van der Waals surface area contributed by atoms with Crippen LogP contribution in [0.2, 0.25) is 0 Å². The zero-order valence-corrected chi connectivity index (χ0v) is 79.3. The number of hydrogen-bond acceptors (Lipinski definition) is 12. The first-order valence-corrected chi connectivity index (χ1v) is 49.5. The molecule has 31 aromatic rings. The minimum Gasteiger partial charge on any atom is -0.454 e. The first-order chi connectivity index (χ1) is 73.4. The predicted molar refractivity (Wildman–Crippen MR) is 603 cm³/mol. The predicted octanol–water partition coefficient (Wildman–Crippen LogP) is 34.2. The third kappa shape index (κ3) is 14.0. The van der Waals surface area contributed by atoms with Gasteiger partial charge in [-0.3, -0.25) is 0 Å². The summed E-state index contributed by atoms with van der Waals surface area (Å²) in [4.78, 5) is 45.5. The first-order valence-electron chi connectivity index (χ1n) is 49.5. The van der Waals surface area contributed by atoms with Gasteiger partial charge in [-0.1, -0.05) is 400 Å². The fourth-order valence-corrected chi connectivity index (χ4v) is 22.1. The van der Waals surface area contributed by atoms with Crippen molar-refractivity contribution in [1.29, 1.82) is 0 Å². The number of rotatable bonds is 12. The summed E-state index contributed by atoms with van der Waals surface area (Å²) in [5, 5.41) is 23.0. The maximum atomic E-state index is 6.88. The Morgan fingerprint density at radius 2 is 0.385 bits per heavy atom. The lowest BCUT2D eigenvalue weighted by Gasteiger charge is -2.13. The van der Waals surface area contributed by atoms with Crippen molar-refractivity contribution in [2.24, 2.45) is 0 Å². The van der Waals surface area contributed by atoms with Crippen LogP contribution in [0.15, 0.2) is 499 Å². The Morgan fingerprint density at radius 3 is 0.736 bits per heavy atom. The van der Waals surface area contributed by atoms with Gasteiger partial charge in [-0.05, 0) is 123 Å². The number of hydrogen-bond donors (Lipinski definition) is 0. The van der Waals surface area contributed by atoms with Crippen molar-refractivity contribution < 1.29 is 13.3 Å². The third-order valence-corrected chi connectivity index (χ3v) is 28.7. The summed E-state index contributed by atoms with van der Waals surface area (Å²) in [6, 6.07) is 168. The number of aromatic nitrogens is 12. The fraction of sp³-hybridized carbons (Fsp3) is 0. The van der Waals surface area contributed by atoms with Crippen molar-refractivity contribution in [3.8, 4) is 120 Å². The Hall–Kier alpha value is -20.3. The Bertz CT molecular complexity index is 10500. The summed E-state index contributed by atoms with van der Waals surface area (Å²) in [5.74, 6) is 5.52. The van der Waals surface area contributed by atoms with Gasteiger partial charge in [0.25, 0.3) is 0 Å². The summed E-state index contributed by atoms with van der Waals surface area (Å²) in [7, 11) is 0. The standard InChI is InChI=1S/C47H28N4O.2C43H26N4O/c1-3-15-31(16-4-1)45-48-46(32-17-5-2-6-18-32)50-47(49-45)36-25-28-39(44-41(36)35-21-11-12-22-40(35)52-44)51-37-26-23-29-13-7-9-19-33(29)42(37)43-34-20-10-8-14-30(34)24-27-38(43)51;1-3-14-28(15-4-1)41-44-42(29-16-5-2-6-17-29)46-43(45-41)33-24-26-36(40-39(33)32-20-10-12-22-37(32)48-40)47-34-21-11-9-19-31(34)38-30-18-8-7-13-27(30)23-25-35(38)47;1-3-14-28(15-4-1)41-44-42(29-16-5-2-6-17-29)46-43(45-41)34-25-26-36(40-38(34)33-20-10-12-22-37(33)48-40)47-35-21-11-9-19-31(35)32-24-23-27-13-7-8-18-30(27)39(32)47/h1-28H;2*1-26H. The van der Waals surface area contributed by atoms with Crippen LogP contribution in [0.1, 0.15) is 0 Å². The topological polar surface area (TPSA) is 170 Å². The van der Waals surface area contributed by atoms with Crippen molar-refractivity contribution in [3.05, 3.63) is 485 Å². The minimum atomic E-state index is 0.593. The number of para-hydroxylation sites is 5. The monoisotopic (exact) mass is 1890 g/mol. The highest BCUT2D eigenvalue weighted by atomic mass is 16.3. The summed E-state index contributed by atoms with van der Waals surface area (Å²) in [6.07, 6.45) is 0. The van der Waals surface area contributed by atoms with Gasteiger partial charge in [0, 0.05) is 120 Å². The maximum Gasteiger partial charge on any atom is 0.164 e. The molecule has 0 unspecified atom stereocenters. The SMILES string of the molecule is c1ccc(-c2nc(-c3ccccc3)nc(-c3ccc(-n4c5ccc6ccccc6c5c5c6ccccc6ccc54)c4oc5ccccc5c34)n2)cc1.c1ccc(-c2nc(-c3ccccc3)nc(-c3ccc(-n4c5ccccc5c5c6ccccc6ccc54)c4oc5ccccc5c34)n2)cc1.c1ccc(-c2nc(-c3ccccc3)nc(-c3ccc(-n4c5ccccc5c5ccc6ccccc6c54)c4oc5ccccc5c34)n2)cc1. The van der Waals surface area contributed by atoms with Gasteiger partial charge < -0.3 is 27.0 Å². The van der Waals surface area contributed by atoms with Crippen molar-refractivity contribution >= 4 is 174 Å². The van der Waals surface area contributed by atoms with Crippen LogP contribution in [-0.4, -0.2) is 58.6 Å². The molecule has 0 N–H and O–H groups in total. The van der Waals surface area contributed by atoms with Gasteiger partial charge in [0.1, 0.15) is 16.7 Å². The molecule has 15 heteroatoms. The average molecular weight is 1890 g/mol. The lowest BCUT2D eigenvalue weighted by atomic mass is 10.00. The average Bonchev–Trinajstić information content (AvgIpc) is 1.58. The Kier molecular flexibility index (Phi) is 19.9. The number of benzene rings is 22. The second-order valence-corrected chi connectivity index (χ2v) is 37.2. The molecule has 0 fully saturated rings. The van der Waals surface area contributed by atoms with E-state index >= 15 is 0 Å². The molecule has 0 spiro atoms. The molecule has 15 nitrogen and oxygen atoms in total. The number of nitrogens with zero attached hydrogens (tertiary/aromatic N) is 12. The van der Waals surface area contributed by atoms with E-state index in [1.54, 1.807) is 0 Å². The van der Waals surface area contributed by atoms with Gasteiger partial charge in [0.2, 0.25) is 0 Å². The Labute approximate surface area is 845 Å². The van der Waals surface area contributed by atoms with Gasteiger partial charge in [0.05, 0.1) is 50.2 Å². The van der Waals surface area contributed by atoms with E-state index in [4.69, 9.17) is 58.1 Å². The zero-order valence-electron chi connectivity index (χ0n) is 79.3. The summed E-state index contributed by atoms with van der Waals surface area (Å²) < 4.78 is 27.6. The van der Waals surface area contributed by atoms with Gasteiger partial charge in [-0.2, -0.15) is 0 Å². The van der Waals surface area contributed by atoms with E-state index in [2.05, 4.69) is 281 Å². The molecular weight excluding hydrogens is 1810 g/mol. The van der Waals surface area contributed by atoms with Crippen LogP contribution in [0, 0.1) is 0 Å². The highest BCUT2D eigenvalue weighted by molar-refractivity contribution is 6.30. The second kappa shape index (κ2) is 34.8. The molecule has 0 bridgehead atoms. The summed E-state index contributed by atoms with van der Waals surface area (Å²) in [5.41, 5.74) is 22.7. The van der Waals surface area contributed by atoms with E-state index in [1.165, 1.54) is 75.4 Å². The largest absolute Gasteiger partial charge is 0.454 e. The molecule has 0 saturated carbocycles. The molecule has 0 aliphatic rings. The van der Waals surface area contributed by atoms with Crippen LogP contribution < -0.4 is 0 Å². The highest BCUT2D eigenvalue weighted by Gasteiger charge is 2.30. The molecule has 9 aromatic heterocycles. The molecular formula is C133H80N12O3. The van der Waals surface area contributed by atoms with Gasteiger partial charge in [0.15, 0.2) is 69.2 Å². The molecule has 0 atom stereocenters. The van der Waals surface area contributed by atoms with Crippen LogP contribution in [0.5, 0.6) is 0 Å². The van der Waals surface area contributed by atoms with Crippen LogP contribution >= 0.6 is 0 Å². The lowest BCUT2D eigenvalue weighted by molar-refractivity contribution is 0.666.